The van der Waals surface area contributed by atoms with Crippen LogP contribution in [0.4, 0.5) is 18.9 Å². The molecule has 2 N–H and O–H groups in total. The number of para-hydroxylation sites is 1. The molecule has 1 amide bonds. The summed E-state index contributed by atoms with van der Waals surface area (Å²) in [6.45, 7) is 0. The predicted molar refractivity (Wildman–Crippen MR) is 102 cm³/mol. The second-order valence-corrected chi connectivity index (χ2v) is 6.94. The van der Waals surface area contributed by atoms with Crippen molar-refractivity contribution in [2.75, 3.05) is 11.1 Å². The third-order valence-corrected chi connectivity index (χ3v) is 4.84. The Kier molecular flexibility index (Phi) is 5.08. The van der Waals surface area contributed by atoms with Crippen molar-refractivity contribution in [2.45, 2.75) is 11.3 Å². The van der Waals surface area contributed by atoms with Crippen molar-refractivity contribution in [1.29, 1.82) is 0 Å². The van der Waals surface area contributed by atoms with Crippen LogP contribution in [0.25, 0.3) is 17.2 Å². The Labute approximate surface area is 170 Å². The molecule has 30 heavy (non-hydrogen) atoms. The monoisotopic (exact) mass is 435 g/mol. The number of rotatable bonds is 5. The summed E-state index contributed by atoms with van der Waals surface area (Å²) >= 11 is 0.922. The number of H-pyrrole nitrogens is 1. The SMILES string of the molecule is O=C(CSc1nc(-c2ccco2)nc2cc(=O)[nH]n12)Nc1ccccc1C(F)(F)F. The number of alkyl halides is 3. The molecule has 3 aromatic heterocycles. The zero-order valence-electron chi connectivity index (χ0n) is 14.9. The van der Waals surface area contributed by atoms with Gasteiger partial charge in [-0.05, 0) is 24.3 Å². The lowest BCUT2D eigenvalue weighted by molar-refractivity contribution is -0.137. The first-order valence-electron chi connectivity index (χ1n) is 8.44. The molecule has 1 aromatic carbocycles. The first-order chi connectivity index (χ1) is 14.3. The van der Waals surface area contributed by atoms with Crippen LogP contribution in [0.2, 0.25) is 0 Å². The van der Waals surface area contributed by atoms with Crippen LogP contribution in [-0.2, 0) is 11.0 Å². The molecule has 12 heteroatoms. The topological polar surface area (TPSA) is 105 Å². The van der Waals surface area contributed by atoms with E-state index >= 15 is 0 Å². The Morgan fingerprint density at radius 2 is 2.00 bits per heavy atom. The minimum absolute atomic E-state index is 0.198. The molecule has 0 fully saturated rings. The maximum absolute atomic E-state index is 13.1. The molecule has 3 heterocycles. The Morgan fingerprint density at radius 1 is 1.20 bits per heavy atom. The summed E-state index contributed by atoms with van der Waals surface area (Å²) in [6, 6.07) is 9.22. The van der Waals surface area contributed by atoms with E-state index < -0.39 is 23.2 Å². The van der Waals surface area contributed by atoms with Gasteiger partial charge in [-0.25, -0.2) is 9.50 Å². The first-order valence-corrected chi connectivity index (χ1v) is 9.42. The standard InChI is InChI=1S/C18H12F3N5O3S/c19-18(20,21)10-4-1-2-5-11(10)22-15(28)9-30-17-24-16(12-6-3-7-29-12)23-13-8-14(27)25-26(13)17/h1-8H,9H2,(H,22,28)(H,25,27). The highest BCUT2D eigenvalue weighted by atomic mass is 32.2. The number of fused-ring (bicyclic) bond motifs is 1. The normalized spacial score (nSPS) is 11.7. The predicted octanol–water partition coefficient (Wildman–Crippen LogP) is 3.43. The zero-order valence-corrected chi connectivity index (χ0v) is 15.8. The molecule has 0 aliphatic rings. The van der Waals surface area contributed by atoms with Crippen molar-refractivity contribution in [3.8, 4) is 11.6 Å². The summed E-state index contributed by atoms with van der Waals surface area (Å²) in [5.41, 5.74) is -1.45. The van der Waals surface area contributed by atoms with Crippen LogP contribution in [0.15, 0.2) is 63.1 Å². The molecule has 0 atom stereocenters. The number of benzene rings is 1. The molecule has 4 rings (SSSR count). The first kappa shape index (κ1) is 19.8. The van der Waals surface area contributed by atoms with E-state index in [0.717, 1.165) is 17.8 Å². The Morgan fingerprint density at radius 3 is 2.73 bits per heavy atom. The number of carbonyl (C=O) groups excluding carboxylic acids is 1. The molecule has 0 aliphatic heterocycles. The third-order valence-electron chi connectivity index (χ3n) is 3.91. The van der Waals surface area contributed by atoms with Gasteiger partial charge >= 0.3 is 6.18 Å². The number of amides is 1. The average Bonchev–Trinajstić information content (AvgIpc) is 3.34. The lowest BCUT2D eigenvalue weighted by Crippen LogP contribution is -2.18. The molecular formula is C18H12F3N5O3S. The number of hydrogen-bond donors (Lipinski definition) is 2. The van der Waals surface area contributed by atoms with E-state index in [1.807, 2.05) is 0 Å². The van der Waals surface area contributed by atoms with Crippen LogP contribution >= 0.6 is 11.8 Å². The Bertz CT molecular complexity index is 1260. The number of anilines is 1. The number of furan rings is 1. The van der Waals surface area contributed by atoms with Crippen LogP contribution in [0, 0.1) is 0 Å². The quantitative estimate of drug-likeness (QED) is 0.466. The van der Waals surface area contributed by atoms with Gasteiger partial charge in [0.25, 0.3) is 5.56 Å². The van der Waals surface area contributed by atoms with Gasteiger partial charge in [0.15, 0.2) is 22.4 Å². The number of nitrogens with one attached hydrogen (secondary N) is 2. The lowest BCUT2D eigenvalue weighted by atomic mass is 10.1. The van der Waals surface area contributed by atoms with E-state index in [2.05, 4.69) is 20.4 Å². The maximum atomic E-state index is 13.1. The van der Waals surface area contributed by atoms with Gasteiger partial charge in [0.1, 0.15) is 0 Å². The van der Waals surface area contributed by atoms with Crippen molar-refractivity contribution in [3.63, 3.8) is 0 Å². The summed E-state index contributed by atoms with van der Waals surface area (Å²) < 4.78 is 45.8. The van der Waals surface area contributed by atoms with Crippen molar-refractivity contribution < 1.29 is 22.4 Å². The van der Waals surface area contributed by atoms with E-state index in [1.54, 1.807) is 12.1 Å². The molecular weight excluding hydrogens is 423 g/mol. The van der Waals surface area contributed by atoms with Gasteiger partial charge in [0.05, 0.1) is 23.3 Å². The van der Waals surface area contributed by atoms with Crippen LogP contribution in [0.1, 0.15) is 5.56 Å². The van der Waals surface area contributed by atoms with Gasteiger partial charge in [-0.15, -0.1) is 0 Å². The zero-order chi connectivity index (χ0) is 21.3. The summed E-state index contributed by atoms with van der Waals surface area (Å²) in [4.78, 5) is 32.5. The summed E-state index contributed by atoms with van der Waals surface area (Å²) in [7, 11) is 0. The Balaban J connectivity index is 1.57. The van der Waals surface area contributed by atoms with Gasteiger partial charge in [0.2, 0.25) is 5.91 Å². The lowest BCUT2D eigenvalue weighted by Gasteiger charge is -2.13. The van der Waals surface area contributed by atoms with Crippen molar-refractivity contribution in [3.05, 3.63) is 64.6 Å². The van der Waals surface area contributed by atoms with Gasteiger partial charge in [-0.3, -0.25) is 14.7 Å². The third kappa shape index (κ3) is 4.08. The van der Waals surface area contributed by atoms with E-state index in [1.165, 1.54) is 35.0 Å². The number of thioether (sulfide) groups is 1. The minimum Gasteiger partial charge on any atom is -0.461 e. The molecule has 0 saturated carbocycles. The molecule has 154 valence electrons. The number of nitrogens with zero attached hydrogens (tertiary/aromatic N) is 3. The number of hydrogen-bond acceptors (Lipinski definition) is 6. The highest BCUT2D eigenvalue weighted by Crippen LogP contribution is 2.34. The number of aromatic nitrogens is 4. The van der Waals surface area contributed by atoms with E-state index in [-0.39, 0.29) is 28.1 Å². The minimum atomic E-state index is -4.60. The van der Waals surface area contributed by atoms with E-state index in [4.69, 9.17) is 4.42 Å². The molecule has 0 saturated heterocycles. The van der Waals surface area contributed by atoms with E-state index in [9.17, 15) is 22.8 Å². The second kappa shape index (κ2) is 7.71. The van der Waals surface area contributed by atoms with Crippen molar-refractivity contribution in [1.82, 2.24) is 19.6 Å². The van der Waals surface area contributed by atoms with Gasteiger partial charge < -0.3 is 9.73 Å². The second-order valence-electron chi connectivity index (χ2n) is 6.00. The fourth-order valence-corrected chi connectivity index (χ4v) is 3.40. The number of carbonyl (C=O) groups is 1. The largest absolute Gasteiger partial charge is 0.461 e. The van der Waals surface area contributed by atoms with Crippen LogP contribution in [0.5, 0.6) is 0 Å². The number of aromatic amines is 1. The average molecular weight is 435 g/mol. The molecule has 0 unspecified atom stereocenters. The van der Waals surface area contributed by atoms with E-state index in [0.29, 0.717) is 5.76 Å². The fourth-order valence-electron chi connectivity index (χ4n) is 2.65. The highest BCUT2D eigenvalue weighted by molar-refractivity contribution is 7.99. The smallest absolute Gasteiger partial charge is 0.418 e. The van der Waals surface area contributed by atoms with Gasteiger partial charge in [0, 0.05) is 6.07 Å². The van der Waals surface area contributed by atoms with Gasteiger partial charge in [-0.2, -0.15) is 18.2 Å². The molecule has 0 radical (unpaired) electrons. The summed E-state index contributed by atoms with van der Waals surface area (Å²) in [5, 5.41) is 4.98. The number of halogens is 3. The van der Waals surface area contributed by atoms with Crippen LogP contribution < -0.4 is 10.9 Å². The summed E-state index contributed by atoms with van der Waals surface area (Å²) in [6.07, 6.45) is -3.16. The van der Waals surface area contributed by atoms with Crippen molar-refractivity contribution in [2.24, 2.45) is 0 Å². The summed E-state index contributed by atoms with van der Waals surface area (Å²) in [5.74, 6) is -0.366. The highest BCUT2D eigenvalue weighted by Gasteiger charge is 2.33. The maximum Gasteiger partial charge on any atom is 0.418 e. The van der Waals surface area contributed by atoms with Crippen molar-refractivity contribution >= 4 is 29.0 Å². The molecule has 0 spiro atoms. The van der Waals surface area contributed by atoms with Crippen LogP contribution in [-0.4, -0.2) is 31.2 Å². The van der Waals surface area contributed by atoms with Crippen LogP contribution in [0.3, 0.4) is 0 Å². The Hall–Kier alpha value is -3.54. The fraction of sp³-hybridized carbons (Fsp3) is 0.111. The molecule has 8 nitrogen and oxygen atoms in total. The molecule has 0 aliphatic carbocycles. The molecule has 0 bridgehead atoms. The molecule has 4 aromatic rings. The van der Waals surface area contributed by atoms with Gasteiger partial charge in [-0.1, -0.05) is 23.9 Å².